The molecule has 0 spiro atoms. The number of nitrogens with one attached hydrogen (secondary N) is 2. The van der Waals surface area contributed by atoms with Gasteiger partial charge >= 0.3 is 12.1 Å². The highest BCUT2D eigenvalue weighted by Crippen LogP contribution is 2.41. The van der Waals surface area contributed by atoms with Crippen molar-refractivity contribution in [2.45, 2.75) is 152 Å². The smallest absolute Gasteiger partial charge is 0.407 e. The number of alkyl carbamates (subject to hydrolysis) is 1. The summed E-state index contributed by atoms with van der Waals surface area (Å²) in [6, 6.07) is 30.1. The first-order valence-corrected chi connectivity index (χ1v) is 27.5. The van der Waals surface area contributed by atoms with E-state index < -0.39 is 65.4 Å². The summed E-state index contributed by atoms with van der Waals surface area (Å²) in [7, 11) is 3.33. The third-order valence-electron chi connectivity index (χ3n) is 14.4. The number of ether oxygens (including phenoxy) is 3. The lowest BCUT2D eigenvalue weighted by Crippen LogP contribution is -2.49. The minimum absolute atomic E-state index is 0.0625. The Bertz CT molecular complexity index is 2360. The van der Waals surface area contributed by atoms with Gasteiger partial charge < -0.3 is 61.0 Å². The number of hydrogen-bond acceptors (Lipinski definition) is 12. The van der Waals surface area contributed by atoms with Crippen molar-refractivity contribution >= 4 is 18.0 Å². The van der Waals surface area contributed by atoms with Crippen molar-refractivity contribution < 1.29 is 62.9 Å². The number of nitrogens with zero attached hydrogens (tertiary/aromatic N) is 1. The van der Waals surface area contributed by atoms with E-state index in [0.29, 0.717) is 63.1 Å². The van der Waals surface area contributed by atoms with Crippen LogP contribution in [0, 0.1) is 23.5 Å². The number of rotatable bonds is 25. The van der Waals surface area contributed by atoms with Crippen LogP contribution in [0.5, 0.6) is 0 Å². The number of amides is 2. The van der Waals surface area contributed by atoms with E-state index in [2.05, 4.69) is 10.6 Å². The number of piperidine rings is 2. The van der Waals surface area contributed by atoms with E-state index in [1.165, 1.54) is 24.3 Å². The molecule has 2 aliphatic heterocycles. The third kappa shape index (κ3) is 22.4. The summed E-state index contributed by atoms with van der Waals surface area (Å²) in [5, 5.41) is 58.5. The molecule has 2 fully saturated rings. The number of carbonyl (C=O) groups excluding carboxylic acids is 2. The van der Waals surface area contributed by atoms with E-state index in [9.17, 15) is 43.6 Å². The van der Waals surface area contributed by atoms with Gasteiger partial charge in [-0.25, -0.2) is 13.6 Å². The predicted octanol–water partition coefficient (Wildman–Crippen LogP) is 8.18. The topological polar surface area (TPSA) is 233 Å². The van der Waals surface area contributed by atoms with Crippen molar-refractivity contribution in [1.82, 2.24) is 15.5 Å². The first-order valence-electron chi connectivity index (χ1n) is 27.5. The molecule has 2 saturated heterocycles. The van der Waals surface area contributed by atoms with Gasteiger partial charge in [-0.3, -0.25) is 9.59 Å². The highest BCUT2D eigenvalue weighted by atomic mass is 19.1. The zero-order valence-electron chi connectivity index (χ0n) is 46.5. The Hall–Kier alpha value is -5.37. The number of aliphatic hydroxyl groups excluding tert-OH is 2. The highest BCUT2D eigenvalue weighted by molar-refractivity contribution is 5.77. The van der Waals surface area contributed by atoms with Gasteiger partial charge in [0.05, 0.1) is 42.3 Å². The number of aliphatic hydroxyl groups is 4. The van der Waals surface area contributed by atoms with E-state index in [0.717, 1.165) is 75.6 Å². The van der Waals surface area contributed by atoms with Gasteiger partial charge in [-0.05, 0) is 151 Å². The first kappa shape index (κ1) is 65.2. The Balaban J connectivity index is 0.000000266. The van der Waals surface area contributed by atoms with E-state index in [1.54, 1.807) is 58.1 Å². The Morgan fingerprint density at radius 2 is 1.24 bits per heavy atom. The fourth-order valence-corrected chi connectivity index (χ4v) is 10.2. The molecule has 2 aliphatic rings. The van der Waals surface area contributed by atoms with Crippen LogP contribution in [0.15, 0.2) is 109 Å². The molecule has 0 aromatic heterocycles. The SMILES string of the molecule is CC(C)(C)OC(=O)N[C@@H](Cc1ccccc1)[C@@H](O)CC(=O)O.COCCCCC(O)(c1cccc(F)c1)[C@@H]1CCCN(C(=O)C[C@H](O)[C@@H](N)Cc2ccccc2)C1.COCCCCC(O)(c1cccc(F)c1)[C@@H]1CCCNC1. The maximum Gasteiger partial charge on any atom is 0.407 e. The number of methoxy groups -OCH3 is 2. The molecule has 0 aliphatic carbocycles. The molecule has 2 amide bonds. The predicted molar refractivity (Wildman–Crippen MR) is 297 cm³/mol. The van der Waals surface area contributed by atoms with Gasteiger partial charge in [-0.2, -0.15) is 0 Å². The van der Waals surface area contributed by atoms with E-state index in [1.807, 2.05) is 66.7 Å². The molecule has 17 heteroatoms. The minimum atomic E-state index is -1.25. The number of likely N-dealkylation sites (tertiary alicyclic amines) is 1. The number of benzene rings is 4. The second kappa shape index (κ2) is 33.3. The number of carboxylic acids is 1. The Labute approximate surface area is 460 Å². The molecule has 15 nitrogen and oxygen atoms in total. The van der Waals surface area contributed by atoms with E-state index >= 15 is 0 Å². The number of nitrogens with two attached hydrogens (primary N) is 1. The van der Waals surface area contributed by atoms with E-state index in [-0.39, 0.29) is 30.0 Å². The summed E-state index contributed by atoms with van der Waals surface area (Å²) in [6.07, 6.45) is 5.33. The molecule has 0 radical (unpaired) electrons. The Kier molecular flexibility index (Phi) is 27.8. The summed E-state index contributed by atoms with van der Waals surface area (Å²) >= 11 is 0. The Morgan fingerprint density at radius 1 is 0.718 bits per heavy atom. The first-order chi connectivity index (χ1) is 37.2. The Morgan fingerprint density at radius 3 is 1.73 bits per heavy atom. The van der Waals surface area contributed by atoms with Gasteiger partial charge in [0, 0.05) is 64.9 Å². The quantitative estimate of drug-likeness (QED) is 0.0293. The average Bonchev–Trinajstić information content (AvgIpc) is 3.43. The van der Waals surface area contributed by atoms with Crippen molar-refractivity contribution in [1.29, 1.82) is 0 Å². The highest BCUT2D eigenvalue weighted by Gasteiger charge is 2.42. The maximum atomic E-state index is 14.1. The lowest BCUT2D eigenvalue weighted by Gasteiger charge is -2.43. The van der Waals surface area contributed by atoms with Gasteiger partial charge in [0.25, 0.3) is 0 Å². The van der Waals surface area contributed by atoms with Crippen LogP contribution in [0.3, 0.4) is 0 Å². The van der Waals surface area contributed by atoms with Gasteiger partial charge in [0.1, 0.15) is 17.2 Å². The maximum absolute atomic E-state index is 14.1. The third-order valence-corrected chi connectivity index (χ3v) is 14.4. The van der Waals surface area contributed by atoms with Crippen LogP contribution in [0.1, 0.15) is 120 Å². The summed E-state index contributed by atoms with van der Waals surface area (Å²) < 4.78 is 43.0. The van der Waals surface area contributed by atoms with Crippen LogP contribution in [0.2, 0.25) is 0 Å². The fourth-order valence-electron chi connectivity index (χ4n) is 10.2. The van der Waals surface area contributed by atoms with Crippen molar-refractivity contribution in [2.24, 2.45) is 17.6 Å². The van der Waals surface area contributed by atoms with Gasteiger partial charge in [0.2, 0.25) is 5.91 Å². The molecular weight excluding hydrogens is 1000 g/mol. The summed E-state index contributed by atoms with van der Waals surface area (Å²) in [6.45, 7) is 9.19. The summed E-state index contributed by atoms with van der Waals surface area (Å²) in [5.41, 5.74) is 6.45. The molecule has 6 rings (SSSR count). The van der Waals surface area contributed by atoms with E-state index in [4.69, 9.17) is 25.1 Å². The zero-order chi connectivity index (χ0) is 57.1. The summed E-state index contributed by atoms with van der Waals surface area (Å²) in [4.78, 5) is 37.4. The minimum Gasteiger partial charge on any atom is -0.481 e. The lowest BCUT2D eigenvalue weighted by atomic mass is 9.74. The molecule has 4 aromatic carbocycles. The van der Waals surface area contributed by atoms with Gasteiger partial charge in [0.15, 0.2) is 0 Å². The lowest BCUT2D eigenvalue weighted by molar-refractivity contribution is -0.140. The second-order valence-electron chi connectivity index (χ2n) is 21.7. The number of aliphatic carboxylic acids is 1. The largest absolute Gasteiger partial charge is 0.481 e. The van der Waals surface area contributed by atoms with Crippen LogP contribution in [-0.4, -0.2) is 132 Å². The number of carboxylic acid groups (broad SMARTS) is 1. The number of hydrogen-bond donors (Lipinski definition) is 8. The molecule has 2 unspecified atom stereocenters. The molecule has 0 bridgehead atoms. The molecule has 8 atom stereocenters. The summed E-state index contributed by atoms with van der Waals surface area (Å²) in [5.74, 6) is -2.08. The van der Waals surface area contributed by atoms with Crippen LogP contribution in [-0.2, 0) is 47.8 Å². The molecule has 432 valence electrons. The normalized spacial score (nSPS) is 18.7. The standard InChI is InChI=1S/C28H39FN2O4.C17H26FNO2.C16H23NO5/c1-35-16-6-5-14-28(34,22-11-7-13-24(29)18-22)23-12-8-15-31(20-23)27(33)19-26(32)25(30)17-21-9-3-2-4-10-21;1-21-11-3-2-9-17(20,15-7-5-10-19-13-15)14-6-4-8-16(18)12-14;1-16(2,3)22-15(21)17-12(13(18)10-14(19)20)9-11-7-5-4-6-8-11/h2-4,7,9-11,13,18,23,25-26,32,34H,5-6,8,12,14-17,19-20,30H2,1H3;4,6,8,12,15,19-20H,2-3,5,7,9-11,13H2,1H3;4-8,12-13,18H,9-10H2,1-3H3,(H,17,21)(H,19,20)/t23-,25+,26+,28?;15-,17?;12-,13-/m110/s1. The van der Waals surface area contributed by atoms with Crippen LogP contribution < -0.4 is 16.4 Å². The van der Waals surface area contributed by atoms with Gasteiger partial charge in [-0.15, -0.1) is 0 Å². The van der Waals surface area contributed by atoms with Crippen LogP contribution in [0.4, 0.5) is 13.6 Å². The van der Waals surface area contributed by atoms with Crippen LogP contribution in [0.25, 0.3) is 0 Å². The molecule has 9 N–H and O–H groups in total. The van der Waals surface area contributed by atoms with Crippen molar-refractivity contribution in [2.75, 3.05) is 53.6 Å². The molecule has 0 saturated carbocycles. The number of carbonyl (C=O) groups is 3. The molecule has 78 heavy (non-hydrogen) atoms. The van der Waals surface area contributed by atoms with Crippen LogP contribution >= 0.6 is 0 Å². The zero-order valence-corrected chi connectivity index (χ0v) is 46.5. The van der Waals surface area contributed by atoms with Crippen molar-refractivity contribution in [3.8, 4) is 0 Å². The second-order valence-corrected chi connectivity index (χ2v) is 21.7. The van der Waals surface area contributed by atoms with Gasteiger partial charge in [-0.1, -0.05) is 84.9 Å². The number of unbranched alkanes of at least 4 members (excludes halogenated alkanes) is 2. The molecular formula is C61H88F2N4O11. The molecule has 4 aromatic rings. The fraction of sp³-hybridized carbons (Fsp3) is 0.557. The average molecular weight is 1090 g/mol. The van der Waals surface area contributed by atoms with Crippen molar-refractivity contribution in [3.05, 3.63) is 143 Å². The van der Waals surface area contributed by atoms with Crippen molar-refractivity contribution in [3.63, 3.8) is 0 Å². The number of halogens is 2. The monoisotopic (exact) mass is 1090 g/mol. The molecule has 2 heterocycles.